The fourth-order valence-corrected chi connectivity index (χ4v) is 5.03. The molecule has 1 aromatic carbocycles. The SMILES string of the molecule is CC(O)CC[Se]c1nc2ccccc2s1. The van der Waals surface area contributed by atoms with Crippen LogP contribution in [-0.4, -0.2) is 31.2 Å². The van der Waals surface area contributed by atoms with E-state index in [0.717, 1.165) is 17.3 Å². The molecule has 0 amide bonds. The van der Waals surface area contributed by atoms with Crippen LogP contribution in [0.4, 0.5) is 0 Å². The average Bonchev–Trinajstić information content (AvgIpc) is 2.59. The number of hydrogen-bond donors (Lipinski definition) is 1. The molecule has 4 heteroatoms. The Labute approximate surface area is 99.5 Å². The Kier molecular flexibility index (Phi) is 3.76. The number of aromatic nitrogens is 1. The van der Waals surface area contributed by atoms with E-state index in [1.807, 2.05) is 19.1 Å². The van der Waals surface area contributed by atoms with Crippen molar-refractivity contribution in [2.75, 3.05) is 0 Å². The van der Waals surface area contributed by atoms with E-state index < -0.39 is 0 Å². The van der Waals surface area contributed by atoms with Crippen LogP contribution >= 0.6 is 11.3 Å². The predicted octanol–water partition coefficient (Wildman–Crippen LogP) is 1.81. The molecule has 0 saturated carbocycles. The van der Waals surface area contributed by atoms with Crippen LogP contribution in [0.25, 0.3) is 10.2 Å². The molecule has 0 fully saturated rings. The Morgan fingerprint density at radius 3 is 3.00 bits per heavy atom. The first kappa shape index (κ1) is 11.1. The number of para-hydroxylation sites is 1. The number of benzene rings is 1. The van der Waals surface area contributed by atoms with Crippen molar-refractivity contribution in [3.05, 3.63) is 24.3 Å². The van der Waals surface area contributed by atoms with Crippen molar-refractivity contribution in [2.45, 2.75) is 24.8 Å². The molecule has 0 saturated heterocycles. The zero-order valence-electron chi connectivity index (χ0n) is 8.51. The molecule has 1 N–H and O–H groups in total. The van der Waals surface area contributed by atoms with Gasteiger partial charge in [-0.25, -0.2) is 0 Å². The molecule has 0 spiro atoms. The van der Waals surface area contributed by atoms with Crippen LogP contribution in [0.1, 0.15) is 13.3 Å². The molecule has 15 heavy (non-hydrogen) atoms. The van der Waals surface area contributed by atoms with Crippen LogP contribution in [0, 0.1) is 0 Å². The van der Waals surface area contributed by atoms with E-state index in [-0.39, 0.29) is 6.10 Å². The monoisotopic (exact) mass is 287 g/mol. The van der Waals surface area contributed by atoms with Crippen LogP contribution in [0.5, 0.6) is 0 Å². The Morgan fingerprint density at radius 2 is 2.27 bits per heavy atom. The molecule has 80 valence electrons. The second-order valence-electron chi connectivity index (χ2n) is 3.43. The van der Waals surface area contributed by atoms with E-state index in [2.05, 4.69) is 17.1 Å². The van der Waals surface area contributed by atoms with Crippen LogP contribution in [-0.2, 0) is 0 Å². The standard InChI is InChI=1S/C11H13NOSSe/c1-8(13)6-7-15-11-12-9-4-2-3-5-10(9)14-11/h2-5,8,13H,6-7H2,1H3. The second kappa shape index (κ2) is 5.08. The fourth-order valence-electron chi connectivity index (χ4n) is 1.23. The summed E-state index contributed by atoms with van der Waals surface area (Å²) in [5, 5.41) is 10.2. The zero-order chi connectivity index (χ0) is 10.7. The van der Waals surface area contributed by atoms with Gasteiger partial charge >= 0.3 is 99.5 Å². The quantitative estimate of drug-likeness (QED) is 0.870. The molecule has 0 radical (unpaired) electrons. The molecular weight excluding hydrogens is 273 g/mol. The number of fused-ring (bicyclic) bond motifs is 1. The summed E-state index contributed by atoms with van der Waals surface area (Å²) < 4.78 is 2.51. The summed E-state index contributed by atoms with van der Waals surface area (Å²) in [6.07, 6.45) is 0.705. The summed E-state index contributed by atoms with van der Waals surface area (Å²) in [7, 11) is 0. The van der Waals surface area contributed by atoms with Crippen molar-refractivity contribution >= 4 is 40.4 Å². The molecule has 2 rings (SSSR count). The topological polar surface area (TPSA) is 33.1 Å². The minimum absolute atomic E-state index is 0.179. The first-order chi connectivity index (χ1) is 7.25. The van der Waals surface area contributed by atoms with Gasteiger partial charge in [0, 0.05) is 0 Å². The zero-order valence-corrected chi connectivity index (χ0v) is 11.0. The van der Waals surface area contributed by atoms with E-state index in [4.69, 9.17) is 5.11 Å². The molecule has 1 unspecified atom stereocenters. The first-order valence-electron chi connectivity index (χ1n) is 4.92. The van der Waals surface area contributed by atoms with Crippen LogP contribution < -0.4 is 3.91 Å². The molecule has 0 aliphatic rings. The third-order valence-electron chi connectivity index (χ3n) is 2.04. The number of nitrogens with zero attached hydrogens (tertiary/aromatic N) is 1. The molecular formula is C11H13NOSSe. The number of aliphatic hydroxyl groups excluding tert-OH is 1. The molecule has 1 atom stereocenters. The van der Waals surface area contributed by atoms with Gasteiger partial charge in [0.2, 0.25) is 0 Å². The van der Waals surface area contributed by atoms with Gasteiger partial charge in [0.25, 0.3) is 0 Å². The van der Waals surface area contributed by atoms with Gasteiger partial charge in [-0.15, -0.1) is 0 Å². The molecule has 2 aromatic rings. The van der Waals surface area contributed by atoms with E-state index in [1.54, 1.807) is 11.3 Å². The first-order valence-corrected chi connectivity index (χ1v) is 7.80. The summed E-state index contributed by atoms with van der Waals surface area (Å²) in [5.74, 6) is 0. The number of aliphatic hydroxyl groups is 1. The molecule has 2 nitrogen and oxygen atoms in total. The van der Waals surface area contributed by atoms with Gasteiger partial charge in [-0.3, -0.25) is 0 Å². The van der Waals surface area contributed by atoms with E-state index in [1.165, 1.54) is 8.61 Å². The van der Waals surface area contributed by atoms with Crippen molar-refractivity contribution < 1.29 is 5.11 Å². The summed E-state index contributed by atoms with van der Waals surface area (Å²) >= 11 is 2.20. The van der Waals surface area contributed by atoms with Crippen molar-refractivity contribution in [1.29, 1.82) is 0 Å². The third-order valence-corrected chi connectivity index (χ3v) is 5.64. The van der Waals surface area contributed by atoms with Crippen LogP contribution in [0.15, 0.2) is 24.3 Å². The van der Waals surface area contributed by atoms with Crippen molar-refractivity contribution in [3.63, 3.8) is 0 Å². The van der Waals surface area contributed by atoms with Crippen molar-refractivity contribution in [3.8, 4) is 0 Å². The van der Waals surface area contributed by atoms with E-state index in [0.29, 0.717) is 15.0 Å². The molecule has 0 bridgehead atoms. The summed E-state index contributed by atoms with van der Waals surface area (Å²) in [6, 6.07) is 8.24. The summed E-state index contributed by atoms with van der Waals surface area (Å²) in [5.41, 5.74) is 1.11. The predicted molar refractivity (Wildman–Crippen MR) is 66.1 cm³/mol. The Balaban J connectivity index is 2.03. The molecule has 0 aliphatic heterocycles. The van der Waals surface area contributed by atoms with Gasteiger partial charge in [0.1, 0.15) is 0 Å². The second-order valence-corrected chi connectivity index (χ2v) is 7.32. The maximum atomic E-state index is 9.16. The van der Waals surface area contributed by atoms with Gasteiger partial charge < -0.3 is 0 Å². The molecule has 1 heterocycles. The van der Waals surface area contributed by atoms with Crippen LogP contribution in [0.3, 0.4) is 0 Å². The van der Waals surface area contributed by atoms with Gasteiger partial charge in [-0.2, -0.15) is 0 Å². The van der Waals surface area contributed by atoms with Gasteiger partial charge in [0.05, 0.1) is 0 Å². The average molecular weight is 286 g/mol. The Bertz CT molecular complexity index is 408. The van der Waals surface area contributed by atoms with Gasteiger partial charge in [-0.1, -0.05) is 0 Å². The Morgan fingerprint density at radius 1 is 1.47 bits per heavy atom. The molecule has 1 aromatic heterocycles. The van der Waals surface area contributed by atoms with Gasteiger partial charge in [0.15, 0.2) is 0 Å². The van der Waals surface area contributed by atoms with Gasteiger partial charge in [-0.05, 0) is 0 Å². The normalized spacial score (nSPS) is 13.2. The minimum atomic E-state index is -0.179. The number of rotatable bonds is 4. The third kappa shape index (κ3) is 3.02. The van der Waals surface area contributed by atoms with Crippen molar-refractivity contribution in [2.24, 2.45) is 0 Å². The number of thiazole rings is 1. The Hall–Kier alpha value is -0.411. The van der Waals surface area contributed by atoms with E-state index in [9.17, 15) is 0 Å². The molecule has 0 aliphatic carbocycles. The number of hydrogen-bond acceptors (Lipinski definition) is 3. The van der Waals surface area contributed by atoms with Crippen molar-refractivity contribution in [1.82, 2.24) is 4.98 Å². The van der Waals surface area contributed by atoms with E-state index >= 15 is 0 Å². The van der Waals surface area contributed by atoms with Crippen LogP contribution in [0.2, 0.25) is 5.32 Å². The summed E-state index contributed by atoms with van der Waals surface area (Å²) in [6.45, 7) is 1.84. The summed E-state index contributed by atoms with van der Waals surface area (Å²) in [4.78, 5) is 4.57. The maximum absolute atomic E-state index is 9.16. The fraction of sp³-hybridized carbons (Fsp3) is 0.364.